The van der Waals surface area contributed by atoms with Crippen LogP contribution in [0.25, 0.3) is 0 Å². The van der Waals surface area contributed by atoms with Crippen LogP contribution in [0.3, 0.4) is 0 Å². The van der Waals surface area contributed by atoms with Crippen molar-refractivity contribution in [2.75, 3.05) is 11.9 Å². The molecule has 0 heterocycles. The molecule has 0 atom stereocenters. The van der Waals surface area contributed by atoms with Gasteiger partial charge < -0.3 is 10.6 Å². The van der Waals surface area contributed by atoms with E-state index >= 15 is 0 Å². The molecule has 0 saturated heterocycles. The van der Waals surface area contributed by atoms with Crippen molar-refractivity contribution in [3.8, 4) is 0 Å². The minimum atomic E-state index is -0.604. The smallest absolute Gasteiger partial charge is 0.282 e. The quantitative estimate of drug-likeness (QED) is 0.654. The van der Waals surface area contributed by atoms with E-state index in [4.69, 9.17) is 0 Å². The summed E-state index contributed by atoms with van der Waals surface area (Å²) in [5, 5.41) is 16.2. The highest BCUT2D eigenvalue weighted by Crippen LogP contribution is 2.19. The third-order valence-corrected chi connectivity index (χ3v) is 3.09. The average molecular weight is 313 g/mol. The van der Waals surface area contributed by atoms with Gasteiger partial charge in [0.2, 0.25) is 0 Å². The molecule has 2 amide bonds. The van der Waals surface area contributed by atoms with Crippen LogP contribution in [0, 0.1) is 10.1 Å². The Hall–Kier alpha value is -3.22. The molecule has 0 spiro atoms. The Balaban J connectivity index is 2.15. The van der Waals surface area contributed by atoms with Crippen molar-refractivity contribution in [2.45, 2.75) is 6.92 Å². The van der Waals surface area contributed by atoms with Crippen LogP contribution >= 0.6 is 0 Å². The van der Waals surface area contributed by atoms with Crippen molar-refractivity contribution >= 4 is 23.2 Å². The van der Waals surface area contributed by atoms with Crippen molar-refractivity contribution in [1.82, 2.24) is 5.32 Å². The molecular formula is C16H15N3O4. The van der Waals surface area contributed by atoms with E-state index in [-0.39, 0.29) is 17.2 Å². The van der Waals surface area contributed by atoms with Crippen LogP contribution in [0.15, 0.2) is 48.5 Å². The van der Waals surface area contributed by atoms with Gasteiger partial charge in [-0.1, -0.05) is 12.1 Å². The predicted molar refractivity (Wildman–Crippen MR) is 85.5 cm³/mol. The molecule has 0 fully saturated rings. The molecule has 118 valence electrons. The second kappa shape index (κ2) is 7.17. The molecule has 0 unspecified atom stereocenters. The number of carbonyl (C=O) groups is 2. The lowest BCUT2D eigenvalue weighted by Crippen LogP contribution is -2.22. The Morgan fingerprint density at radius 1 is 1.04 bits per heavy atom. The minimum Gasteiger partial charge on any atom is -0.352 e. The van der Waals surface area contributed by atoms with Gasteiger partial charge in [-0.3, -0.25) is 19.7 Å². The maximum atomic E-state index is 12.2. The Bertz CT molecular complexity index is 741. The Morgan fingerprint density at radius 3 is 2.30 bits per heavy atom. The molecule has 0 aromatic heterocycles. The van der Waals surface area contributed by atoms with Gasteiger partial charge in [0.25, 0.3) is 17.5 Å². The Morgan fingerprint density at radius 2 is 1.70 bits per heavy atom. The standard InChI is InChI=1S/C16H15N3O4/c1-2-17-15(20)11-7-9-12(10-8-11)18-16(21)13-5-3-4-6-14(13)19(22)23/h3-10H,2H2,1H3,(H,17,20)(H,18,21). The van der Waals surface area contributed by atoms with Crippen LogP contribution < -0.4 is 10.6 Å². The first-order valence-electron chi connectivity index (χ1n) is 6.96. The van der Waals surface area contributed by atoms with Gasteiger partial charge in [-0.05, 0) is 37.3 Å². The summed E-state index contributed by atoms with van der Waals surface area (Å²) in [5.74, 6) is -0.785. The summed E-state index contributed by atoms with van der Waals surface area (Å²) in [6.45, 7) is 2.34. The molecule has 0 aliphatic heterocycles. The van der Waals surface area contributed by atoms with Gasteiger partial charge in [0.15, 0.2) is 0 Å². The van der Waals surface area contributed by atoms with Crippen molar-refractivity contribution in [2.24, 2.45) is 0 Å². The van der Waals surface area contributed by atoms with E-state index in [0.717, 1.165) is 0 Å². The van der Waals surface area contributed by atoms with E-state index in [9.17, 15) is 19.7 Å². The third-order valence-electron chi connectivity index (χ3n) is 3.09. The molecule has 2 N–H and O–H groups in total. The molecule has 0 saturated carbocycles. The summed E-state index contributed by atoms with van der Waals surface area (Å²) in [7, 11) is 0. The number of nitro groups is 1. The lowest BCUT2D eigenvalue weighted by molar-refractivity contribution is -0.385. The highest BCUT2D eigenvalue weighted by molar-refractivity contribution is 6.07. The fourth-order valence-corrected chi connectivity index (χ4v) is 1.99. The fourth-order valence-electron chi connectivity index (χ4n) is 1.99. The third kappa shape index (κ3) is 3.91. The summed E-state index contributed by atoms with van der Waals surface area (Å²) in [5.41, 5.74) is 0.631. The second-order valence-corrected chi connectivity index (χ2v) is 4.67. The van der Waals surface area contributed by atoms with Crippen molar-refractivity contribution in [1.29, 1.82) is 0 Å². The summed E-state index contributed by atoms with van der Waals surface area (Å²) in [6.07, 6.45) is 0. The summed E-state index contributed by atoms with van der Waals surface area (Å²) < 4.78 is 0. The minimum absolute atomic E-state index is 0.0229. The largest absolute Gasteiger partial charge is 0.352 e. The number of nitro benzene ring substituents is 1. The lowest BCUT2D eigenvalue weighted by atomic mass is 10.1. The van der Waals surface area contributed by atoms with Crippen LogP contribution in [-0.4, -0.2) is 23.3 Å². The van der Waals surface area contributed by atoms with E-state index in [1.165, 1.54) is 18.2 Å². The number of anilines is 1. The molecule has 0 aliphatic rings. The van der Waals surface area contributed by atoms with Crippen molar-refractivity contribution < 1.29 is 14.5 Å². The number of nitrogens with zero attached hydrogens (tertiary/aromatic N) is 1. The normalized spacial score (nSPS) is 9.96. The lowest BCUT2D eigenvalue weighted by Gasteiger charge is -2.07. The molecule has 23 heavy (non-hydrogen) atoms. The Kier molecular flexibility index (Phi) is 5.03. The summed E-state index contributed by atoms with van der Waals surface area (Å²) in [4.78, 5) is 34.1. The van der Waals surface area contributed by atoms with Crippen LogP contribution in [0.4, 0.5) is 11.4 Å². The first-order valence-corrected chi connectivity index (χ1v) is 6.96. The maximum Gasteiger partial charge on any atom is 0.282 e. The highest BCUT2D eigenvalue weighted by atomic mass is 16.6. The van der Waals surface area contributed by atoms with Gasteiger partial charge in [0.1, 0.15) is 5.56 Å². The molecule has 7 nitrogen and oxygen atoms in total. The Labute approximate surface area is 132 Å². The van der Waals surface area contributed by atoms with Crippen LogP contribution in [0.5, 0.6) is 0 Å². The number of hydrogen-bond donors (Lipinski definition) is 2. The van der Waals surface area contributed by atoms with E-state index in [2.05, 4.69) is 10.6 Å². The number of amides is 2. The van der Waals surface area contributed by atoms with Crippen molar-refractivity contribution in [3.05, 3.63) is 69.8 Å². The van der Waals surface area contributed by atoms with Crippen molar-refractivity contribution in [3.63, 3.8) is 0 Å². The first-order chi connectivity index (χ1) is 11.0. The topological polar surface area (TPSA) is 101 Å². The van der Waals surface area contributed by atoms with E-state index in [0.29, 0.717) is 17.8 Å². The zero-order chi connectivity index (χ0) is 16.8. The van der Waals surface area contributed by atoms with Gasteiger partial charge in [0, 0.05) is 23.9 Å². The van der Waals surface area contributed by atoms with Gasteiger partial charge in [-0.15, -0.1) is 0 Å². The van der Waals surface area contributed by atoms with Gasteiger partial charge >= 0.3 is 0 Å². The number of hydrogen-bond acceptors (Lipinski definition) is 4. The van der Waals surface area contributed by atoms with E-state index < -0.39 is 10.8 Å². The molecule has 2 aromatic rings. The number of carbonyl (C=O) groups excluding carboxylic acids is 2. The number of benzene rings is 2. The maximum absolute atomic E-state index is 12.2. The molecule has 2 aromatic carbocycles. The van der Waals surface area contributed by atoms with Crippen LogP contribution in [0.1, 0.15) is 27.6 Å². The molecule has 0 aliphatic carbocycles. The SMILES string of the molecule is CCNC(=O)c1ccc(NC(=O)c2ccccc2[N+](=O)[O-])cc1. The molecule has 0 bridgehead atoms. The zero-order valence-electron chi connectivity index (χ0n) is 12.4. The van der Waals surface area contributed by atoms with E-state index in [1.54, 1.807) is 30.3 Å². The van der Waals surface area contributed by atoms with Gasteiger partial charge in [-0.2, -0.15) is 0 Å². The average Bonchev–Trinajstić information content (AvgIpc) is 2.55. The highest BCUT2D eigenvalue weighted by Gasteiger charge is 2.19. The molecular weight excluding hydrogens is 298 g/mol. The molecule has 7 heteroatoms. The second-order valence-electron chi connectivity index (χ2n) is 4.67. The van der Waals surface area contributed by atoms with Gasteiger partial charge in [-0.25, -0.2) is 0 Å². The molecule has 0 radical (unpaired) electrons. The van der Waals surface area contributed by atoms with E-state index in [1.807, 2.05) is 6.92 Å². The van der Waals surface area contributed by atoms with Crippen LogP contribution in [-0.2, 0) is 0 Å². The van der Waals surface area contributed by atoms with Gasteiger partial charge in [0.05, 0.1) is 4.92 Å². The monoisotopic (exact) mass is 313 g/mol. The summed E-state index contributed by atoms with van der Waals surface area (Å²) >= 11 is 0. The predicted octanol–water partition coefficient (Wildman–Crippen LogP) is 2.60. The molecule has 2 rings (SSSR count). The van der Waals surface area contributed by atoms with Crippen LogP contribution in [0.2, 0.25) is 0 Å². The number of rotatable bonds is 5. The number of nitrogens with one attached hydrogen (secondary N) is 2. The zero-order valence-corrected chi connectivity index (χ0v) is 12.4. The first kappa shape index (κ1) is 16.2. The summed E-state index contributed by atoms with van der Waals surface area (Å²) in [6, 6.07) is 12.0. The fraction of sp³-hybridized carbons (Fsp3) is 0.125. The number of para-hydroxylation sites is 1.